The van der Waals surface area contributed by atoms with Crippen LogP contribution < -0.4 is 15.4 Å². The van der Waals surface area contributed by atoms with E-state index in [1.165, 1.54) is 19.3 Å². The Labute approximate surface area is 113 Å². The van der Waals surface area contributed by atoms with Gasteiger partial charge >= 0.3 is 6.03 Å². The maximum Gasteiger partial charge on any atom is 0.319 e. The van der Waals surface area contributed by atoms with E-state index in [0.717, 1.165) is 12.3 Å². The Morgan fingerprint density at radius 3 is 2.79 bits per heavy atom. The van der Waals surface area contributed by atoms with E-state index in [1.807, 2.05) is 24.3 Å². The number of methoxy groups -OCH3 is 1. The van der Waals surface area contributed by atoms with Gasteiger partial charge < -0.3 is 15.4 Å². The SMILES string of the molecule is COc1ccccc1NC(=O)N[C@@H]1C[C@H]2CC[C@H]1C2. The number of benzene rings is 1. The van der Waals surface area contributed by atoms with E-state index in [2.05, 4.69) is 10.6 Å². The van der Waals surface area contributed by atoms with Crippen LogP contribution in [-0.4, -0.2) is 19.2 Å². The van der Waals surface area contributed by atoms with Gasteiger partial charge in [0.25, 0.3) is 0 Å². The van der Waals surface area contributed by atoms with Crippen LogP contribution in [-0.2, 0) is 0 Å². The molecule has 1 aromatic rings. The average molecular weight is 260 g/mol. The van der Waals surface area contributed by atoms with Crippen LogP contribution in [0.25, 0.3) is 0 Å². The van der Waals surface area contributed by atoms with E-state index < -0.39 is 0 Å². The molecule has 2 amide bonds. The number of carbonyl (C=O) groups is 1. The van der Waals surface area contributed by atoms with Gasteiger partial charge in [-0.2, -0.15) is 0 Å². The van der Waals surface area contributed by atoms with Gasteiger partial charge in [-0.05, 0) is 43.2 Å². The molecule has 2 bridgehead atoms. The molecule has 0 spiro atoms. The van der Waals surface area contributed by atoms with Crippen LogP contribution in [0.2, 0.25) is 0 Å². The molecule has 2 fully saturated rings. The predicted molar refractivity (Wildman–Crippen MR) is 74.4 cm³/mol. The zero-order chi connectivity index (χ0) is 13.2. The van der Waals surface area contributed by atoms with Crippen LogP contribution in [0, 0.1) is 11.8 Å². The summed E-state index contributed by atoms with van der Waals surface area (Å²) in [5.41, 5.74) is 0.714. The summed E-state index contributed by atoms with van der Waals surface area (Å²) in [6, 6.07) is 7.69. The fourth-order valence-corrected chi connectivity index (χ4v) is 3.50. The first-order valence-corrected chi connectivity index (χ1v) is 6.97. The van der Waals surface area contributed by atoms with Crippen molar-refractivity contribution in [1.82, 2.24) is 5.32 Å². The molecular formula is C15H20N2O2. The number of ether oxygens (including phenoxy) is 1. The molecule has 4 heteroatoms. The molecule has 102 valence electrons. The number of para-hydroxylation sites is 2. The highest BCUT2D eigenvalue weighted by atomic mass is 16.5. The lowest BCUT2D eigenvalue weighted by Crippen LogP contribution is -2.41. The number of fused-ring (bicyclic) bond motifs is 2. The van der Waals surface area contributed by atoms with Crippen molar-refractivity contribution >= 4 is 11.7 Å². The van der Waals surface area contributed by atoms with E-state index in [0.29, 0.717) is 23.4 Å². The highest BCUT2D eigenvalue weighted by molar-refractivity contribution is 5.91. The fraction of sp³-hybridized carbons (Fsp3) is 0.533. The highest BCUT2D eigenvalue weighted by Gasteiger charge is 2.40. The van der Waals surface area contributed by atoms with E-state index in [1.54, 1.807) is 7.11 Å². The Hall–Kier alpha value is -1.71. The molecule has 2 N–H and O–H groups in total. The molecule has 0 aliphatic heterocycles. The van der Waals surface area contributed by atoms with E-state index >= 15 is 0 Å². The minimum Gasteiger partial charge on any atom is -0.495 e. The summed E-state index contributed by atoms with van der Waals surface area (Å²) in [6.45, 7) is 0. The number of hydrogen-bond acceptors (Lipinski definition) is 2. The number of rotatable bonds is 3. The van der Waals surface area contributed by atoms with Crippen LogP contribution in [0.1, 0.15) is 25.7 Å². The smallest absolute Gasteiger partial charge is 0.319 e. The van der Waals surface area contributed by atoms with Gasteiger partial charge in [-0.1, -0.05) is 18.6 Å². The Bertz CT molecular complexity index is 475. The summed E-state index contributed by atoms with van der Waals surface area (Å²) in [5, 5.41) is 5.98. The van der Waals surface area contributed by atoms with Gasteiger partial charge in [0.05, 0.1) is 12.8 Å². The zero-order valence-electron chi connectivity index (χ0n) is 11.2. The molecule has 0 unspecified atom stereocenters. The van der Waals surface area contributed by atoms with Crippen molar-refractivity contribution in [2.75, 3.05) is 12.4 Å². The highest BCUT2D eigenvalue weighted by Crippen LogP contribution is 2.44. The first-order chi connectivity index (χ1) is 9.26. The van der Waals surface area contributed by atoms with Crippen LogP contribution >= 0.6 is 0 Å². The molecule has 1 aromatic carbocycles. The van der Waals surface area contributed by atoms with Crippen molar-refractivity contribution in [2.24, 2.45) is 11.8 Å². The van der Waals surface area contributed by atoms with Gasteiger partial charge in [-0.3, -0.25) is 0 Å². The van der Waals surface area contributed by atoms with Crippen molar-refractivity contribution in [3.8, 4) is 5.75 Å². The van der Waals surface area contributed by atoms with Crippen molar-refractivity contribution in [3.63, 3.8) is 0 Å². The third-order valence-corrected chi connectivity index (χ3v) is 4.41. The van der Waals surface area contributed by atoms with Crippen molar-refractivity contribution < 1.29 is 9.53 Å². The molecule has 4 nitrogen and oxygen atoms in total. The second-order valence-corrected chi connectivity index (χ2v) is 5.58. The van der Waals surface area contributed by atoms with E-state index in [-0.39, 0.29) is 6.03 Å². The van der Waals surface area contributed by atoms with Crippen LogP contribution in [0.5, 0.6) is 5.75 Å². The van der Waals surface area contributed by atoms with Crippen LogP contribution in [0.3, 0.4) is 0 Å². The molecule has 2 saturated carbocycles. The summed E-state index contributed by atoms with van der Waals surface area (Å²) < 4.78 is 5.22. The normalized spacial score (nSPS) is 28.2. The van der Waals surface area contributed by atoms with Gasteiger partial charge in [0, 0.05) is 6.04 Å². The molecule has 0 saturated heterocycles. The number of urea groups is 1. The quantitative estimate of drug-likeness (QED) is 0.877. The van der Waals surface area contributed by atoms with Gasteiger partial charge in [0.1, 0.15) is 5.75 Å². The lowest BCUT2D eigenvalue weighted by Gasteiger charge is -2.23. The number of anilines is 1. The molecule has 2 aliphatic carbocycles. The third-order valence-electron chi connectivity index (χ3n) is 4.41. The van der Waals surface area contributed by atoms with Gasteiger partial charge in [0.15, 0.2) is 0 Å². The Balaban J connectivity index is 1.59. The molecule has 19 heavy (non-hydrogen) atoms. The van der Waals surface area contributed by atoms with Crippen molar-refractivity contribution in [2.45, 2.75) is 31.7 Å². The summed E-state index contributed by atoms with van der Waals surface area (Å²) in [6.07, 6.45) is 5.05. The standard InChI is InChI=1S/C15H20N2O2/c1-19-14-5-3-2-4-12(14)16-15(18)17-13-9-10-6-7-11(13)8-10/h2-5,10-11,13H,6-9H2,1H3,(H2,16,17,18)/t10-,11-,13+/m0/s1. The number of nitrogens with one attached hydrogen (secondary N) is 2. The van der Waals surface area contributed by atoms with Crippen molar-refractivity contribution in [3.05, 3.63) is 24.3 Å². The minimum atomic E-state index is -0.123. The molecule has 0 heterocycles. The van der Waals surface area contributed by atoms with Gasteiger partial charge in [-0.25, -0.2) is 4.79 Å². The zero-order valence-corrected chi connectivity index (χ0v) is 11.2. The molecular weight excluding hydrogens is 240 g/mol. The monoisotopic (exact) mass is 260 g/mol. The maximum absolute atomic E-state index is 12.0. The third kappa shape index (κ3) is 2.53. The van der Waals surface area contributed by atoms with Gasteiger partial charge in [-0.15, -0.1) is 0 Å². The molecule has 3 rings (SSSR count). The van der Waals surface area contributed by atoms with E-state index in [4.69, 9.17) is 4.74 Å². The summed E-state index contributed by atoms with van der Waals surface area (Å²) in [5.74, 6) is 2.21. The van der Waals surface area contributed by atoms with Crippen LogP contribution in [0.4, 0.5) is 10.5 Å². The topological polar surface area (TPSA) is 50.4 Å². The lowest BCUT2D eigenvalue weighted by molar-refractivity contribution is 0.242. The lowest BCUT2D eigenvalue weighted by atomic mass is 9.95. The van der Waals surface area contributed by atoms with E-state index in [9.17, 15) is 4.79 Å². The van der Waals surface area contributed by atoms with Crippen LogP contribution in [0.15, 0.2) is 24.3 Å². The first-order valence-electron chi connectivity index (χ1n) is 6.97. The number of hydrogen-bond donors (Lipinski definition) is 2. The largest absolute Gasteiger partial charge is 0.495 e. The molecule has 0 aromatic heterocycles. The average Bonchev–Trinajstić information content (AvgIpc) is 3.01. The van der Waals surface area contributed by atoms with Gasteiger partial charge in [0.2, 0.25) is 0 Å². The summed E-state index contributed by atoms with van der Waals surface area (Å²) in [4.78, 5) is 12.0. The number of amides is 2. The number of carbonyl (C=O) groups excluding carboxylic acids is 1. The molecule has 2 aliphatic rings. The fourth-order valence-electron chi connectivity index (χ4n) is 3.50. The molecule has 3 atom stereocenters. The van der Waals surface area contributed by atoms with Crippen molar-refractivity contribution in [1.29, 1.82) is 0 Å². The second-order valence-electron chi connectivity index (χ2n) is 5.58. The maximum atomic E-state index is 12.0. The summed E-state index contributed by atoms with van der Waals surface area (Å²) in [7, 11) is 1.61. The minimum absolute atomic E-state index is 0.123. The summed E-state index contributed by atoms with van der Waals surface area (Å²) >= 11 is 0. The Kier molecular flexibility index (Phi) is 3.32. The Morgan fingerprint density at radius 2 is 2.11 bits per heavy atom. The Morgan fingerprint density at radius 1 is 1.26 bits per heavy atom. The first kappa shape index (κ1) is 12.3. The second kappa shape index (κ2) is 5.11. The molecule has 0 radical (unpaired) electrons. The predicted octanol–water partition coefficient (Wildman–Crippen LogP) is 3.01.